The molecule has 0 radical (unpaired) electrons. The zero-order valence-electron chi connectivity index (χ0n) is 15.5. The number of rotatable bonds is 4. The number of carbonyl (C=O) groups excluding carboxylic acids is 1. The molecule has 1 aliphatic rings. The lowest BCUT2D eigenvalue weighted by atomic mass is 10.0. The van der Waals surface area contributed by atoms with Gasteiger partial charge in [-0.1, -0.05) is 11.2 Å². The number of aromatic nitrogens is 3. The monoisotopic (exact) mass is 366 g/mol. The van der Waals surface area contributed by atoms with E-state index in [1.54, 1.807) is 12.4 Å². The van der Waals surface area contributed by atoms with Gasteiger partial charge in [-0.2, -0.15) is 0 Å². The third-order valence-corrected chi connectivity index (χ3v) is 4.85. The van der Waals surface area contributed by atoms with Crippen molar-refractivity contribution in [3.63, 3.8) is 0 Å². The number of hydrogen-bond acceptors (Lipinski definition) is 6. The molecule has 1 fully saturated rings. The van der Waals surface area contributed by atoms with E-state index in [0.717, 1.165) is 30.6 Å². The predicted octanol–water partition coefficient (Wildman–Crippen LogP) is 3.06. The largest absolute Gasteiger partial charge is 0.372 e. The van der Waals surface area contributed by atoms with Gasteiger partial charge in [0.05, 0.1) is 29.4 Å². The van der Waals surface area contributed by atoms with Crippen LogP contribution in [0, 0.1) is 13.8 Å². The summed E-state index contributed by atoms with van der Waals surface area (Å²) in [5.41, 5.74) is 3.47. The van der Waals surface area contributed by atoms with Crippen LogP contribution in [0.4, 0.5) is 0 Å². The minimum Gasteiger partial charge on any atom is -0.372 e. The van der Waals surface area contributed by atoms with Gasteiger partial charge in [-0.15, -0.1) is 0 Å². The van der Waals surface area contributed by atoms with Gasteiger partial charge in [-0.25, -0.2) is 4.98 Å². The number of carbonyl (C=O) groups is 1. The van der Waals surface area contributed by atoms with Gasteiger partial charge in [0.15, 0.2) is 0 Å². The number of likely N-dealkylation sites (tertiary alicyclic amines) is 1. The molecule has 1 aliphatic heterocycles. The van der Waals surface area contributed by atoms with Crippen LogP contribution in [0.25, 0.3) is 11.1 Å². The van der Waals surface area contributed by atoms with Crippen molar-refractivity contribution in [1.82, 2.24) is 20.0 Å². The number of nitrogens with zero attached hydrogens (tertiary/aromatic N) is 4. The molecule has 3 aromatic heterocycles. The minimum absolute atomic E-state index is 0.0184. The SMILES string of the molecule is Cc1cc(C(=O)N2CCCC(OCc3cccnc3)C2)c2c(C)noc2n1. The highest BCUT2D eigenvalue weighted by Gasteiger charge is 2.27. The molecule has 27 heavy (non-hydrogen) atoms. The van der Waals surface area contributed by atoms with Crippen molar-refractivity contribution in [1.29, 1.82) is 0 Å². The second kappa shape index (κ2) is 7.44. The second-order valence-electron chi connectivity index (χ2n) is 6.95. The summed E-state index contributed by atoms with van der Waals surface area (Å²) in [6.45, 7) is 5.48. The van der Waals surface area contributed by atoms with Crippen molar-refractivity contribution in [3.05, 3.63) is 53.1 Å². The third kappa shape index (κ3) is 3.68. The van der Waals surface area contributed by atoms with Gasteiger partial charge < -0.3 is 14.2 Å². The van der Waals surface area contributed by atoms with Crippen LogP contribution in [0.3, 0.4) is 0 Å². The highest BCUT2D eigenvalue weighted by atomic mass is 16.5. The highest BCUT2D eigenvalue weighted by molar-refractivity contribution is 6.06. The van der Waals surface area contributed by atoms with Gasteiger partial charge in [0.25, 0.3) is 11.6 Å². The molecular formula is C20H22N4O3. The fourth-order valence-corrected chi connectivity index (χ4v) is 3.51. The first kappa shape index (κ1) is 17.6. The van der Waals surface area contributed by atoms with Crippen molar-refractivity contribution in [2.24, 2.45) is 0 Å². The first-order valence-electron chi connectivity index (χ1n) is 9.15. The van der Waals surface area contributed by atoms with E-state index in [0.29, 0.717) is 35.5 Å². The summed E-state index contributed by atoms with van der Waals surface area (Å²) in [7, 11) is 0. The van der Waals surface area contributed by atoms with Crippen LogP contribution in [0.5, 0.6) is 0 Å². The molecule has 4 heterocycles. The van der Waals surface area contributed by atoms with Crippen LogP contribution < -0.4 is 0 Å². The lowest BCUT2D eigenvalue weighted by Gasteiger charge is -2.33. The van der Waals surface area contributed by atoms with Crippen molar-refractivity contribution < 1.29 is 14.1 Å². The topological polar surface area (TPSA) is 81.4 Å². The number of piperidine rings is 1. The van der Waals surface area contributed by atoms with Crippen LogP contribution >= 0.6 is 0 Å². The Hall–Kier alpha value is -2.80. The summed E-state index contributed by atoms with van der Waals surface area (Å²) < 4.78 is 11.3. The quantitative estimate of drug-likeness (QED) is 0.706. The average molecular weight is 366 g/mol. The lowest BCUT2D eigenvalue weighted by molar-refractivity contribution is -0.00676. The van der Waals surface area contributed by atoms with Gasteiger partial charge in [-0.3, -0.25) is 9.78 Å². The number of aryl methyl sites for hydroxylation is 2. The van der Waals surface area contributed by atoms with Crippen molar-refractivity contribution in [2.45, 2.75) is 39.4 Å². The van der Waals surface area contributed by atoms with Crippen LogP contribution in [0.1, 0.15) is 40.2 Å². The van der Waals surface area contributed by atoms with Gasteiger partial charge >= 0.3 is 0 Å². The molecule has 1 saturated heterocycles. The molecule has 140 valence electrons. The second-order valence-corrected chi connectivity index (χ2v) is 6.95. The molecule has 0 bridgehead atoms. The average Bonchev–Trinajstić information content (AvgIpc) is 3.07. The molecule has 0 spiro atoms. The zero-order chi connectivity index (χ0) is 18.8. The third-order valence-electron chi connectivity index (χ3n) is 4.85. The molecule has 1 unspecified atom stereocenters. The Balaban J connectivity index is 1.50. The maximum absolute atomic E-state index is 13.2. The highest BCUT2D eigenvalue weighted by Crippen LogP contribution is 2.25. The Morgan fingerprint density at radius 1 is 1.41 bits per heavy atom. The smallest absolute Gasteiger partial charge is 0.258 e. The molecule has 0 N–H and O–H groups in total. The Kier molecular flexibility index (Phi) is 4.85. The van der Waals surface area contributed by atoms with Crippen molar-refractivity contribution >= 4 is 17.0 Å². The van der Waals surface area contributed by atoms with Crippen molar-refractivity contribution in [3.8, 4) is 0 Å². The first-order chi connectivity index (χ1) is 13.1. The van der Waals surface area contributed by atoms with E-state index in [1.807, 2.05) is 36.9 Å². The van der Waals surface area contributed by atoms with Crippen LogP contribution in [-0.4, -0.2) is 45.1 Å². The Labute approximate surface area is 157 Å². The van der Waals surface area contributed by atoms with E-state index < -0.39 is 0 Å². The van der Waals surface area contributed by atoms with E-state index >= 15 is 0 Å². The molecular weight excluding hydrogens is 344 g/mol. The Bertz CT molecular complexity index is 955. The van der Waals surface area contributed by atoms with E-state index in [-0.39, 0.29) is 12.0 Å². The van der Waals surface area contributed by atoms with Gasteiger partial charge in [0.2, 0.25) is 0 Å². The van der Waals surface area contributed by atoms with Gasteiger partial charge in [0, 0.05) is 31.2 Å². The molecule has 0 saturated carbocycles. The summed E-state index contributed by atoms with van der Waals surface area (Å²) in [4.78, 5) is 23.5. The number of hydrogen-bond donors (Lipinski definition) is 0. The van der Waals surface area contributed by atoms with Crippen LogP contribution in [0.15, 0.2) is 35.1 Å². The number of ether oxygens (including phenoxy) is 1. The number of fused-ring (bicyclic) bond motifs is 1. The minimum atomic E-state index is -0.0218. The summed E-state index contributed by atoms with van der Waals surface area (Å²) in [6.07, 6.45) is 5.43. The normalized spacial score (nSPS) is 17.4. The number of amides is 1. The van der Waals surface area contributed by atoms with E-state index in [4.69, 9.17) is 9.26 Å². The van der Waals surface area contributed by atoms with Crippen molar-refractivity contribution in [2.75, 3.05) is 13.1 Å². The first-order valence-corrected chi connectivity index (χ1v) is 9.15. The van der Waals surface area contributed by atoms with Crippen LogP contribution in [0.2, 0.25) is 0 Å². The molecule has 4 rings (SSSR count). The summed E-state index contributed by atoms with van der Waals surface area (Å²) in [5.74, 6) is -0.0218. The molecule has 1 amide bonds. The Morgan fingerprint density at radius 2 is 2.30 bits per heavy atom. The predicted molar refractivity (Wildman–Crippen MR) is 99.2 cm³/mol. The fourth-order valence-electron chi connectivity index (χ4n) is 3.51. The molecule has 3 aromatic rings. The fraction of sp³-hybridized carbons (Fsp3) is 0.400. The standard InChI is InChI=1S/C20H22N4O3/c1-13-9-17(18-14(2)23-27-19(18)22-13)20(25)24-8-4-6-16(11-24)26-12-15-5-3-7-21-10-15/h3,5,7,9-10,16H,4,6,8,11-12H2,1-2H3. The molecule has 0 aromatic carbocycles. The Morgan fingerprint density at radius 3 is 3.11 bits per heavy atom. The van der Waals surface area contributed by atoms with Crippen LogP contribution in [-0.2, 0) is 11.3 Å². The lowest BCUT2D eigenvalue weighted by Crippen LogP contribution is -2.43. The molecule has 7 heteroatoms. The zero-order valence-corrected chi connectivity index (χ0v) is 15.5. The van der Waals surface area contributed by atoms with Gasteiger partial charge in [-0.05, 0) is 44.4 Å². The number of pyridine rings is 2. The van der Waals surface area contributed by atoms with Gasteiger partial charge in [0.1, 0.15) is 0 Å². The van der Waals surface area contributed by atoms with E-state index in [9.17, 15) is 4.79 Å². The van der Waals surface area contributed by atoms with E-state index in [2.05, 4.69) is 15.1 Å². The molecule has 1 atom stereocenters. The summed E-state index contributed by atoms with van der Waals surface area (Å²) in [6, 6.07) is 5.70. The summed E-state index contributed by atoms with van der Waals surface area (Å²) >= 11 is 0. The molecule has 7 nitrogen and oxygen atoms in total. The van der Waals surface area contributed by atoms with E-state index in [1.165, 1.54) is 0 Å². The molecule has 0 aliphatic carbocycles. The maximum Gasteiger partial charge on any atom is 0.258 e. The maximum atomic E-state index is 13.2. The summed E-state index contributed by atoms with van der Waals surface area (Å²) in [5, 5.41) is 4.66.